The summed E-state index contributed by atoms with van der Waals surface area (Å²) in [6.07, 6.45) is 0.701. The number of hydrogen-bond donors (Lipinski definition) is 2. The molecule has 3 nitrogen and oxygen atoms in total. The molecule has 0 radical (unpaired) electrons. The first-order valence-electron chi connectivity index (χ1n) is 1.36. The second kappa shape index (κ2) is 11.1. The van der Waals surface area contributed by atoms with Crippen molar-refractivity contribution in [2.75, 3.05) is 0 Å². The Morgan fingerprint density at radius 3 is 1.78 bits per heavy atom. The fraction of sp³-hybridized carbons (Fsp3) is 0. The zero-order valence-electron chi connectivity index (χ0n) is 5.24. The minimum absolute atomic E-state index is 0. The second-order valence-electron chi connectivity index (χ2n) is 0.773. The molecule has 0 aliphatic carbocycles. The molecule has 0 atom stereocenters. The van der Waals surface area contributed by atoms with Crippen LogP contribution in [-0.2, 0) is 0 Å². The van der Waals surface area contributed by atoms with Crippen LogP contribution in [0.2, 0.25) is 0 Å². The number of nitrogens with zero attached hydrogens (tertiary/aromatic N) is 1. The first-order valence-corrected chi connectivity index (χ1v) is 2.25. The van der Waals surface area contributed by atoms with E-state index in [2.05, 4.69) is 25.3 Å². The van der Waals surface area contributed by atoms with Gasteiger partial charge < -0.3 is 0 Å². The summed E-state index contributed by atoms with van der Waals surface area (Å²) in [6.45, 7) is 0. The summed E-state index contributed by atoms with van der Waals surface area (Å²) in [5.41, 5.74) is 0. The predicted molar refractivity (Wildman–Crippen MR) is 33.0 cm³/mol. The maximum Gasteiger partial charge on any atom is 1.00 e. The number of thiol groups is 2. The summed E-state index contributed by atoms with van der Waals surface area (Å²) < 4.78 is 0.102. The quantitative estimate of drug-likeness (QED) is 0.199. The van der Waals surface area contributed by atoms with Crippen molar-refractivity contribution in [3.05, 3.63) is 20.6 Å². The third-order valence-electron chi connectivity index (χ3n) is 0.221. The molecule has 0 spiro atoms. The van der Waals surface area contributed by atoms with Crippen molar-refractivity contribution in [2.45, 2.75) is 0 Å². The minimum atomic E-state index is -0.616. The smallest absolute Gasteiger partial charge is 0.259 e. The number of rotatable bonds is 1. The molecule has 7 heteroatoms. The van der Waals surface area contributed by atoms with E-state index in [1.807, 2.05) is 0 Å². The van der Waals surface area contributed by atoms with Gasteiger partial charge in [-0.3, -0.25) is 10.1 Å². The van der Waals surface area contributed by atoms with Gasteiger partial charge in [-0.2, -0.15) is 0 Å². The molecule has 0 saturated heterocycles. The molecular formula is C2H3K2NO2S2+2. The molecule has 0 fully saturated rings. The van der Waals surface area contributed by atoms with Crippen LogP contribution in [0.3, 0.4) is 0 Å². The van der Waals surface area contributed by atoms with E-state index in [4.69, 9.17) is 0 Å². The van der Waals surface area contributed by atoms with Gasteiger partial charge in [0, 0.05) is 0 Å². The van der Waals surface area contributed by atoms with Crippen molar-refractivity contribution in [3.63, 3.8) is 0 Å². The van der Waals surface area contributed by atoms with Crippen LogP contribution in [0.1, 0.15) is 0 Å². The van der Waals surface area contributed by atoms with Crippen LogP contribution in [-0.4, -0.2) is 4.92 Å². The molecule has 0 aromatic carbocycles. The van der Waals surface area contributed by atoms with Crippen LogP contribution < -0.4 is 103 Å². The molecule has 9 heavy (non-hydrogen) atoms. The third-order valence-corrected chi connectivity index (χ3v) is 0.452. The van der Waals surface area contributed by atoms with Crippen LogP contribution in [0.25, 0.3) is 0 Å². The molecule has 0 aliphatic heterocycles. The zero-order chi connectivity index (χ0) is 5.86. The first kappa shape index (κ1) is 18.0. The Kier molecular flexibility index (Phi) is 22.2. The molecule has 0 bridgehead atoms. The van der Waals surface area contributed by atoms with Gasteiger partial charge in [0.1, 0.15) is 4.24 Å². The van der Waals surface area contributed by atoms with E-state index < -0.39 is 4.92 Å². The maximum absolute atomic E-state index is 9.44. The number of nitro groups is 1. The summed E-state index contributed by atoms with van der Waals surface area (Å²) in [6, 6.07) is 0. The Labute approximate surface area is 149 Å². The van der Waals surface area contributed by atoms with Gasteiger partial charge in [-0.1, -0.05) is 0 Å². The van der Waals surface area contributed by atoms with Gasteiger partial charge in [0.25, 0.3) is 6.20 Å². The van der Waals surface area contributed by atoms with Gasteiger partial charge in [0.05, 0.1) is 4.92 Å². The topological polar surface area (TPSA) is 43.1 Å². The third kappa shape index (κ3) is 18.2. The van der Waals surface area contributed by atoms with Gasteiger partial charge in [0.15, 0.2) is 0 Å². The predicted octanol–water partition coefficient (Wildman–Crippen LogP) is -5.07. The minimum Gasteiger partial charge on any atom is -0.259 e. The normalized spacial score (nSPS) is 6.00. The molecule has 0 saturated carbocycles. The average molecular weight is 215 g/mol. The second-order valence-corrected chi connectivity index (χ2v) is 2.09. The van der Waals surface area contributed by atoms with Crippen molar-refractivity contribution >= 4 is 25.3 Å². The van der Waals surface area contributed by atoms with E-state index in [0.29, 0.717) is 6.20 Å². The van der Waals surface area contributed by atoms with E-state index in [1.54, 1.807) is 0 Å². The molecule has 0 N–H and O–H groups in total. The van der Waals surface area contributed by atoms with Crippen molar-refractivity contribution in [2.24, 2.45) is 0 Å². The molecule has 0 rings (SSSR count). The summed E-state index contributed by atoms with van der Waals surface area (Å²) in [4.78, 5) is 8.83. The molecule has 0 amide bonds. The monoisotopic (exact) mass is 215 g/mol. The van der Waals surface area contributed by atoms with Crippen LogP contribution in [0.15, 0.2) is 10.4 Å². The Balaban J connectivity index is -0.000000180. The van der Waals surface area contributed by atoms with Crippen molar-refractivity contribution in [1.82, 2.24) is 0 Å². The van der Waals surface area contributed by atoms with E-state index in [0.717, 1.165) is 0 Å². The van der Waals surface area contributed by atoms with Crippen molar-refractivity contribution < 1.29 is 108 Å². The SMILES string of the molecule is O=[N+]([O-])C=C(S)S.[K+].[K+]. The largest absolute Gasteiger partial charge is 1.00 e. The van der Waals surface area contributed by atoms with Crippen LogP contribution >= 0.6 is 25.3 Å². The summed E-state index contributed by atoms with van der Waals surface area (Å²) in [5, 5.41) is 9.44. The van der Waals surface area contributed by atoms with Crippen LogP contribution in [0.4, 0.5) is 0 Å². The van der Waals surface area contributed by atoms with E-state index in [-0.39, 0.29) is 107 Å². The molecule has 0 aromatic rings. The summed E-state index contributed by atoms with van der Waals surface area (Å²) in [7, 11) is 0. The van der Waals surface area contributed by atoms with E-state index >= 15 is 0 Å². The first-order chi connectivity index (χ1) is 3.13. The molecule has 0 unspecified atom stereocenters. The Bertz CT molecular complexity index is 113. The van der Waals surface area contributed by atoms with Gasteiger partial charge in [-0.25, -0.2) is 0 Å². The summed E-state index contributed by atoms with van der Waals surface area (Å²) in [5.74, 6) is 0. The maximum atomic E-state index is 9.44. The Morgan fingerprint density at radius 2 is 1.78 bits per heavy atom. The van der Waals surface area contributed by atoms with Crippen LogP contribution in [0, 0.1) is 10.1 Å². The fourth-order valence-corrected chi connectivity index (χ4v) is 0.283. The van der Waals surface area contributed by atoms with Gasteiger partial charge in [-0.15, -0.1) is 25.3 Å². The van der Waals surface area contributed by atoms with Gasteiger partial charge >= 0.3 is 103 Å². The molecular weight excluding hydrogens is 212 g/mol. The van der Waals surface area contributed by atoms with E-state index in [9.17, 15) is 10.1 Å². The Hall–Kier alpha value is 3.11. The molecule has 0 aromatic heterocycles. The average Bonchev–Trinajstić information content (AvgIpc) is 1.27. The molecule has 0 heterocycles. The number of hydrogen-bond acceptors (Lipinski definition) is 4. The van der Waals surface area contributed by atoms with Gasteiger partial charge in [-0.05, 0) is 0 Å². The van der Waals surface area contributed by atoms with Crippen molar-refractivity contribution in [1.29, 1.82) is 0 Å². The zero-order valence-corrected chi connectivity index (χ0v) is 13.3. The Morgan fingerprint density at radius 1 is 1.44 bits per heavy atom. The fourth-order valence-electron chi connectivity index (χ4n) is 0.0943. The molecule has 40 valence electrons. The van der Waals surface area contributed by atoms with E-state index in [1.165, 1.54) is 0 Å². The summed E-state index contributed by atoms with van der Waals surface area (Å²) >= 11 is 7.04. The van der Waals surface area contributed by atoms with Crippen molar-refractivity contribution in [3.8, 4) is 0 Å². The van der Waals surface area contributed by atoms with Crippen LogP contribution in [0.5, 0.6) is 0 Å². The van der Waals surface area contributed by atoms with Gasteiger partial charge in [0.2, 0.25) is 0 Å². The molecule has 0 aliphatic rings. The standard InChI is InChI=1S/C2H3NO2S2.2K/c4-3(5)1-2(6)7;;/h1,6-7H;;/q;2*+1.